The lowest BCUT2D eigenvalue weighted by molar-refractivity contribution is -0.144. The number of hydrogen-bond acceptors (Lipinski definition) is 3. The number of carbonyl (C=O) groups excluding carboxylic acids is 1. The predicted octanol–water partition coefficient (Wildman–Crippen LogP) is 2.69. The van der Waals surface area contributed by atoms with Crippen molar-refractivity contribution in [1.82, 2.24) is 5.32 Å². The molecular weight excluding hydrogens is 294 g/mol. The molecule has 1 aromatic carbocycles. The molecule has 0 atom stereocenters. The summed E-state index contributed by atoms with van der Waals surface area (Å²) in [4.78, 5) is 23.0. The number of aryl methyl sites for hydroxylation is 2. The van der Waals surface area contributed by atoms with Crippen LogP contribution in [-0.2, 0) is 9.59 Å². The average molecular weight is 319 g/mol. The number of benzene rings is 1. The van der Waals surface area contributed by atoms with E-state index < -0.39 is 5.97 Å². The highest BCUT2D eigenvalue weighted by molar-refractivity contribution is 5.79. The van der Waals surface area contributed by atoms with Gasteiger partial charge in [0.05, 0.1) is 12.5 Å². The number of ether oxygens (including phenoxy) is 1. The molecule has 0 bridgehead atoms. The lowest BCUT2D eigenvalue weighted by Gasteiger charge is -2.25. The van der Waals surface area contributed by atoms with Crippen molar-refractivity contribution in [2.75, 3.05) is 13.2 Å². The van der Waals surface area contributed by atoms with Crippen molar-refractivity contribution in [3.05, 3.63) is 29.3 Å². The van der Waals surface area contributed by atoms with Gasteiger partial charge in [0.1, 0.15) is 12.4 Å². The van der Waals surface area contributed by atoms with Gasteiger partial charge < -0.3 is 15.2 Å². The third kappa shape index (κ3) is 5.27. The summed E-state index contributed by atoms with van der Waals surface area (Å²) in [6.45, 7) is 4.94. The number of hydrogen-bond donors (Lipinski definition) is 2. The lowest BCUT2D eigenvalue weighted by atomic mass is 9.81. The Hall–Kier alpha value is -2.04. The van der Waals surface area contributed by atoms with Crippen LogP contribution in [0, 0.1) is 25.7 Å². The molecule has 0 unspecified atom stereocenters. The molecule has 5 nitrogen and oxygen atoms in total. The summed E-state index contributed by atoms with van der Waals surface area (Å²) >= 11 is 0. The summed E-state index contributed by atoms with van der Waals surface area (Å²) in [7, 11) is 0. The van der Waals surface area contributed by atoms with Gasteiger partial charge in [0.15, 0.2) is 0 Å². The monoisotopic (exact) mass is 319 g/mol. The Morgan fingerprint density at radius 3 is 2.22 bits per heavy atom. The maximum atomic E-state index is 12.1. The fourth-order valence-electron chi connectivity index (χ4n) is 3.11. The molecule has 2 N–H and O–H groups in total. The van der Waals surface area contributed by atoms with Crippen molar-refractivity contribution < 1.29 is 19.4 Å². The highest BCUT2D eigenvalue weighted by Crippen LogP contribution is 2.28. The van der Waals surface area contributed by atoms with Crippen molar-refractivity contribution in [1.29, 1.82) is 0 Å². The number of aliphatic carboxylic acids is 1. The van der Waals surface area contributed by atoms with Crippen molar-refractivity contribution in [3.8, 4) is 5.75 Å². The fraction of sp³-hybridized carbons (Fsp3) is 0.556. The normalized spacial score (nSPS) is 20.8. The van der Waals surface area contributed by atoms with Gasteiger partial charge in [-0.05, 0) is 62.8 Å². The van der Waals surface area contributed by atoms with Gasteiger partial charge in [-0.2, -0.15) is 0 Å². The van der Waals surface area contributed by atoms with Crippen LogP contribution in [0.2, 0.25) is 0 Å². The average Bonchev–Trinajstić information content (AvgIpc) is 2.50. The molecule has 0 spiro atoms. The topological polar surface area (TPSA) is 75.6 Å². The van der Waals surface area contributed by atoms with Gasteiger partial charge in [-0.1, -0.05) is 6.07 Å². The molecule has 0 heterocycles. The van der Waals surface area contributed by atoms with Gasteiger partial charge in [-0.3, -0.25) is 9.59 Å². The Labute approximate surface area is 137 Å². The number of carboxylic acids is 1. The Kier molecular flexibility index (Phi) is 6.02. The third-order valence-electron chi connectivity index (χ3n) is 4.31. The lowest BCUT2D eigenvalue weighted by Crippen LogP contribution is -2.36. The van der Waals surface area contributed by atoms with Crippen LogP contribution in [0.3, 0.4) is 0 Å². The number of nitrogens with one attached hydrogen (secondary N) is 1. The first kappa shape index (κ1) is 17.3. The molecule has 1 fully saturated rings. The summed E-state index contributed by atoms with van der Waals surface area (Å²) in [5.41, 5.74) is 2.30. The molecule has 126 valence electrons. The van der Waals surface area contributed by atoms with Crippen LogP contribution in [0.15, 0.2) is 18.2 Å². The van der Waals surface area contributed by atoms with Gasteiger partial charge in [0, 0.05) is 5.92 Å². The zero-order valence-corrected chi connectivity index (χ0v) is 13.8. The van der Waals surface area contributed by atoms with E-state index in [-0.39, 0.29) is 17.7 Å². The standard InChI is InChI=1S/C18H25NO4/c1-12-9-13(2)11-16(10-12)23-8-7-19-17(20)14-3-5-15(6-4-14)18(21)22/h9-11,14-15H,3-8H2,1-2H3,(H,19,20)(H,21,22). The summed E-state index contributed by atoms with van der Waals surface area (Å²) < 4.78 is 5.66. The second kappa shape index (κ2) is 7.99. The highest BCUT2D eigenvalue weighted by atomic mass is 16.5. The zero-order chi connectivity index (χ0) is 16.8. The number of carbonyl (C=O) groups is 2. The van der Waals surface area contributed by atoms with E-state index >= 15 is 0 Å². The Morgan fingerprint density at radius 2 is 1.65 bits per heavy atom. The van der Waals surface area contributed by atoms with E-state index in [1.165, 1.54) is 0 Å². The molecule has 23 heavy (non-hydrogen) atoms. The van der Waals surface area contributed by atoms with Crippen LogP contribution < -0.4 is 10.1 Å². The predicted molar refractivity (Wildman–Crippen MR) is 87.5 cm³/mol. The van der Waals surface area contributed by atoms with E-state index in [9.17, 15) is 9.59 Å². The fourth-order valence-corrected chi connectivity index (χ4v) is 3.11. The molecule has 1 aliphatic carbocycles. The highest BCUT2D eigenvalue weighted by Gasteiger charge is 2.29. The number of rotatable bonds is 6. The summed E-state index contributed by atoms with van der Waals surface area (Å²) in [5, 5.41) is 11.9. The number of amides is 1. The van der Waals surface area contributed by atoms with Crippen molar-refractivity contribution >= 4 is 11.9 Å². The smallest absolute Gasteiger partial charge is 0.306 e. The summed E-state index contributed by atoms with van der Waals surface area (Å²) in [6.07, 6.45) is 2.49. The largest absolute Gasteiger partial charge is 0.492 e. The van der Waals surface area contributed by atoms with Crippen LogP contribution in [0.5, 0.6) is 5.75 Å². The maximum Gasteiger partial charge on any atom is 0.306 e. The van der Waals surface area contributed by atoms with Crippen LogP contribution in [0.1, 0.15) is 36.8 Å². The minimum atomic E-state index is -0.745. The van der Waals surface area contributed by atoms with Crippen LogP contribution in [0.25, 0.3) is 0 Å². The van der Waals surface area contributed by atoms with Crippen LogP contribution >= 0.6 is 0 Å². The molecular formula is C18H25NO4. The van der Waals surface area contributed by atoms with Crippen LogP contribution in [-0.4, -0.2) is 30.1 Å². The molecule has 2 rings (SSSR count). The molecule has 1 amide bonds. The van der Waals surface area contributed by atoms with E-state index in [0.717, 1.165) is 16.9 Å². The van der Waals surface area contributed by atoms with Gasteiger partial charge in [-0.15, -0.1) is 0 Å². The molecule has 0 aromatic heterocycles. The maximum absolute atomic E-state index is 12.1. The molecule has 5 heteroatoms. The van der Waals surface area contributed by atoms with Gasteiger partial charge in [-0.25, -0.2) is 0 Å². The second-order valence-corrected chi connectivity index (χ2v) is 6.35. The third-order valence-corrected chi connectivity index (χ3v) is 4.31. The quantitative estimate of drug-likeness (QED) is 0.791. The van der Waals surface area contributed by atoms with Gasteiger partial charge >= 0.3 is 5.97 Å². The second-order valence-electron chi connectivity index (χ2n) is 6.35. The Balaban J connectivity index is 1.68. The van der Waals surface area contributed by atoms with E-state index in [2.05, 4.69) is 11.4 Å². The van der Waals surface area contributed by atoms with Crippen molar-refractivity contribution in [2.24, 2.45) is 11.8 Å². The SMILES string of the molecule is Cc1cc(C)cc(OCCNC(=O)C2CCC(C(=O)O)CC2)c1. The molecule has 1 saturated carbocycles. The molecule has 0 aliphatic heterocycles. The molecule has 1 aliphatic rings. The molecule has 0 radical (unpaired) electrons. The van der Waals surface area contributed by atoms with Crippen molar-refractivity contribution in [2.45, 2.75) is 39.5 Å². The first-order chi connectivity index (χ1) is 11.0. The van der Waals surface area contributed by atoms with E-state index in [1.54, 1.807) is 0 Å². The minimum Gasteiger partial charge on any atom is -0.492 e. The van der Waals surface area contributed by atoms with Gasteiger partial charge in [0.2, 0.25) is 5.91 Å². The van der Waals surface area contributed by atoms with E-state index in [1.807, 2.05) is 26.0 Å². The minimum absolute atomic E-state index is 0.0119. The molecule has 1 aromatic rings. The first-order valence-corrected chi connectivity index (χ1v) is 8.17. The number of carboxylic acid groups (broad SMARTS) is 1. The Bertz CT molecular complexity index is 542. The Morgan fingerprint density at radius 1 is 1.09 bits per heavy atom. The van der Waals surface area contributed by atoms with E-state index in [4.69, 9.17) is 9.84 Å². The first-order valence-electron chi connectivity index (χ1n) is 8.17. The zero-order valence-electron chi connectivity index (χ0n) is 13.8. The van der Waals surface area contributed by atoms with Gasteiger partial charge in [0.25, 0.3) is 0 Å². The molecule has 0 saturated heterocycles. The van der Waals surface area contributed by atoms with Crippen molar-refractivity contribution in [3.63, 3.8) is 0 Å². The summed E-state index contributed by atoms with van der Waals surface area (Å²) in [5.74, 6) is -0.263. The van der Waals surface area contributed by atoms with Crippen LogP contribution in [0.4, 0.5) is 0 Å². The van der Waals surface area contributed by atoms with E-state index in [0.29, 0.717) is 38.8 Å². The summed E-state index contributed by atoms with van der Waals surface area (Å²) in [6, 6.07) is 6.03.